The van der Waals surface area contributed by atoms with Gasteiger partial charge in [-0.2, -0.15) is 0 Å². The van der Waals surface area contributed by atoms with Gasteiger partial charge < -0.3 is 0 Å². The Morgan fingerprint density at radius 2 is 1.82 bits per heavy atom. The highest BCUT2D eigenvalue weighted by atomic mass is 32.1. The van der Waals surface area contributed by atoms with Crippen molar-refractivity contribution in [3.63, 3.8) is 0 Å². The molecule has 0 aliphatic carbocycles. The second-order valence-corrected chi connectivity index (χ2v) is 2.34. The molecule has 0 saturated heterocycles. The zero-order valence-corrected chi connectivity index (χ0v) is 6.66. The molecule has 2 nitrogen and oxygen atoms in total. The topological polar surface area (TPSA) is 25.8 Å². The summed E-state index contributed by atoms with van der Waals surface area (Å²) in [4.78, 5) is 7.40. The monoisotopic (exact) mass is 163 g/mol. The van der Waals surface area contributed by atoms with Crippen LogP contribution in [0.2, 0.25) is 0 Å². The molecule has 11 heavy (non-hydrogen) atoms. The van der Waals surface area contributed by atoms with Gasteiger partial charge in [0.1, 0.15) is 0 Å². The van der Waals surface area contributed by atoms with E-state index >= 15 is 0 Å². The minimum Gasteiger partial charge on any atom is -0.265 e. The van der Waals surface area contributed by atoms with Crippen LogP contribution in [-0.2, 0) is 0 Å². The van der Waals surface area contributed by atoms with Crippen molar-refractivity contribution in [1.29, 1.82) is 0 Å². The standard InChI is InChI=1S/C5H5N.C3H2NS/c1-2-4-6-5-3-1;1-2-5-3-4-1/h1-5H;1-2H. The maximum Gasteiger partial charge on any atom is 0.152 e. The van der Waals surface area contributed by atoms with E-state index in [2.05, 4.69) is 15.5 Å². The number of pyridine rings is 1. The summed E-state index contributed by atoms with van der Waals surface area (Å²) in [7, 11) is 0. The first-order chi connectivity index (χ1) is 5.50. The van der Waals surface area contributed by atoms with Crippen LogP contribution >= 0.6 is 11.3 Å². The van der Waals surface area contributed by atoms with Gasteiger partial charge in [-0.25, -0.2) is 4.98 Å². The van der Waals surface area contributed by atoms with Gasteiger partial charge in [0, 0.05) is 24.0 Å². The van der Waals surface area contributed by atoms with E-state index in [4.69, 9.17) is 0 Å². The van der Waals surface area contributed by atoms with Gasteiger partial charge in [-0.05, 0) is 12.1 Å². The Morgan fingerprint density at radius 1 is 1.00 bits per heavy atom. The normalized spacial score (nSPS) is 8.00. The number of nitrogens with zero attached hydrogens (tertiary/aromatic N) is 2. The summed E-state index contributed by atoms with van der Waals surface area (Å²) in [6.07, 6.45) is 5.21. The Bertz CT molecular complexity index is 198. The van der Waals surface area contributed by atoms with Gasteiger partial charge in [0.05, 0.1) is 0 Å². The van der Waals surface area contributed by atoms with E-state index < -0.39 is 0 Å². The highest BCUT2D eigenvalue weighted by Gasteiger charge is 1.61. The smallest absolute Gasteiger partial charge is 0.152 e. The molecule has 0 saturated carbocycles. The van der Waals surface area contributed by atoms with E-state index in [0.717, 1.165) is 0 Å². The number of hydrogen-bond donors (Lipinski definition) is 0. The maximum atomic E-state index is 3.78. The second-order valence-electron chi connectivity index (χ2n) is 1.65. The van der Waals surface area contributed by atoms with Crippen LogP contribution in [-0.4, -0.2) is 9.97 Å². The quantitative estimate of drug-likeness (QED) is 0.593. The Morgan fingerprint density at radius 3 is 2.00 bits per heavy atom. The second kappa shape index (κ2) is 5.56. The van der Waals surface area contributed by atoms with Gasteiger partial charge >= 0.3 is 0 Å². The molecule has 0 unspecified atom stereocenters. The van der Waals surface area contributed by atoms with Crippen molar-refractivity contribution in [2.45, 2.75) is 0 Å². The molecule has 2 aromatic heterocycles. The molecule has 0 bridgehead atoms. The van der Waals surface area contributed by atoms with Crippen molar-refractivity contribution in [3.05, 3.63) is 47.7 Å². The third kappa shape index (κ3) is 4.22. The summed E-state index contributed by atoms with van der Waals surface area (Å²) < 4.78 is 0. The fourth-order valence-corrected chi connectivity index (χ4v) is 0.769. The predicted molar refractivity (Wildman–Crippen MR) is 45.2 cm³/mol. The molecule has 0 aromatic carbocycles. The third-order valence-corrected chi connectivity index (χ3v) is 1.34. The van der Waals surface area contributed by atoms with Crippen LogP contribution in [0.1, 0.15) is 0 Å². The number of hydrogen-bond acceptors (Lipinski definition) is 3. The van der Waals surface area contributed by atoms with Crippen LogP contribution in [0.3, 0.4) is 0 Å². The van der Waals surface area contributed by atoms with E-state index in [-0.39, 0.29) is 0 Å². The Kier molecular flexibility index (Phi) is 3.98. The molecule has 0 N–H and O–H groups in total. The molecule has 0 amide bonds. The molecule has 0 fully saturated rings. The zero-order valence-electron chi connectivity index (χ0n) is 5.84. The first-order valence-corrected chi connectivity index (χ1v) is 3.98. The van der Waals surface area contributed by atoms with Crippen molar-refractivity contribution in [2.24, 2.45) is 0 Å². The minimum atomic E-state index is 1.48. The lowest BCUT2D eigenvalue weighted by Gasteiger charge is -1.70. The third-order valence-electron chi connectivity index (χ3n) is 0.875. The average molecular weight is 163 g/mol. The van der Waals surface area contributed by atoms with Gasteiger partial charge in [-0.15, -0.1) is 11.3 Å². The summed E-state index contributed by atoms with van der Waals surface area (Å²) in [5.41, 5.74) is 2.65. The Balaban J connectivity index is 0.000000112. The van der Waals surface area contributed by atoms with Crippen LogP contribution in [0.4, 0.5) is 0 Å². The molecule has 0 aliphatic rings. The fraction of sp³-hybridized carbons (Fsp3) is 0. The average Bonchev–Trinajstić information content (AvgIpc) is 2.64. The highest BCUT2D eigenvalue weighted by Crippen LogP contribution is 1.84. The van der Waals surface area contributed by atoms with Crippen molar-refractivity contribution in [2.75, 3.05) is 0 Å². The number of aromatic nitrogens is 2. The van der Waals surface area contributed by atoms with Gasteiger partial charge in [-0.1, -0.05) is 6.07 Å². The van der Waals surface area contributed by atoms with Crippen molar-refractivity contribution >= 4 is 11.3 Å². The predicted octanol–water partition coefficient (Wildman–Crippen LogP) is 2.02. The van der Waals surface area contributed by atoms with Gasteiger partial charge in [0.25, 0.3) is 0 Å². The van der Waals surface area contributed by atoms with E-state index in [1.54, 1.807) is 18.6 Å². The lowest BCUT2D eigenvalue weighted by atomic mass is 10.5. The molecule has 0 aliphatic heterocycles. The summed E-state index contributed by atoms with van der Waals surface area (Å²) in [6, 6.07) is 5.72. The molecule has 1 radical (unpaired) electrons. The maximum absolute atomic E-state index is 3.78. The van der Waals surface area contributed by atoms with Crippen LogP contribution < -0.4 is 0 Å². The largest absolute Gasteiger partial charge is 0.265 e. The lowest BCUT2D eigenvalue weighted by Crippen LogP contribution is -1.58. The fourth-order valence-electron chi connectivity index (χ4n) is 0.465. The number of rotatable bonds is 0. The van der Waals surface area contributed by atoms with Crippen molar-refractivity contribution < 1.29 is 0 Å². The van der Waals surface area contributed by atoms with Crippen LogP contribution in [0.15, 0.2) is 42.2 Å². The minimum absolute atomic E-state index is 1.48. The molecule has 2 heterocycles. The summed E-state index contributed by atoms with van der Waals surface area (Å²) in [5, 5.41) is 1.88. The summed E-state index contributed by atoms with van der Waals surface area (Å²) in [6.45, 7) is 0. The summed E-state index contributed by atoms with van der Waals surface area (Å²) in [5.74, 6) is 0. The Labute approximate surface area is 69.6 Å². The first-order valence-electron chi connectivity index (χ1n) is 3.10. The van der Waals surface area contributed by atoms with Gasteiger partial charge in [0.2, 0.25) is 0 Å². The molecular weight excluding hydrogens is 156 g/mol. The zero-order chi connectivity index (χ0) is 7.78. The molecule has 2 rings (SSSR count). The van der Waals surface area contributed by atoms with E-state index in [0.29, 0.717) is 0 Å². The van der Waals surface area contributed by atoms with E-state index in [1.165, 1.54) is 11.3 Å². The molecule has 2 aromatic rings. The SMILES string of the molecule is [c]1nccs1.c1ccncc1. The van der Waals surface area contributed by atoms with Crippen LogP contribution in [0.5, 0.6) is 0 Å². The van der Waals surface area contributed by atoms with Crippen molar-refractivity contribution in [1.82, 2.24) is 9.97 Å². The van der Waals surface area contributed by atoms with Crippen LogP contribution in [0.25, 0.3) is 0 Å². The molecule has 55 valence electrons. The lowest BCUT2D eigenvalue weighted by molar-refractivity contribution is 1.33. The molecule has 0 spiro atoms. The first kappa shape index (κ1) is 7.88. The van der Waals surface area contributed by atoms with Crippen LogP contribution in [0, 0.1) is 5.51 Å². The molecular formula is C8H7N2S. The molecule has 0 atom stereocenters. The highest BCUT2D eigenvalue weighted by molar-refractivity contribution is 7.06. The van der Waals surface area contributed by atoms with Crippen molar-refractivity contribution in [3.8, 4) is 0 Å². The molecule has 3 heteroatoms. The van der Waals surface area contributed by atoms with Gasteiger partial charge in [-0.3, -0.25) is 4.98 Å². The van der Waals surface area contributed by atoms with E-state index in [1.807, 2.05) is 23.6 Å². The van der Waals surface area contributed by atoms with E-state index in [9.17, 15) is 0 Å². The Hall–Kier alpha value is -1.22. The van der Waals surface area contributed by atoms with Gasteiger partial charge in [0.15, 0.2) is 5.51 Å². The summed E-state index contributed by atoms with van der Waals surface area (Å²) >= 11 is 1.48. The number of thiazole rings is 1.